The van der Waals surface area contributed by atoms with Gasteiger partial charge >= 0.3 is 5.69 Å². The van der Waals surface area contributed by atoms with E-state index in [0.29, 0.717) is 18.9 Å². The van der Waals surface area contributed by atoms with E-state index in [4.69, 9.17) is 4.42 Å². The van der Waals surface area contributed by atoms with Gasteiger partial charge in [0.2, 0.25) is 11.8 Å². The van der Waals surface area contributed by atoms with Crippen LogP contribution in [-0.2, 0) is 17.8 Å². The number of carbonyl (C=O) groups excluding carboxylic acids is 1. The molecule has 0 spiro atoms. The number of aromatic amines is 1. The van der Waals surface area contributed by atoms with Gasteiger partial charge < -0.3 is 9.73 Å². The number of rotatable bonds is 8. The third-order valence-corrected chi connectivity index (χ3v) is 5.34. The maximum atomic E-state index is 12.5. The van der Waals surface area contributed by atoms with Gasteiger partial charge in [0.15, 0.2) is 0 Å². The second kappa shape index (κ2) is 9.92. The summed E-state index contributed by atoms with van der Waals surface area (Å²) >= 11 is 1.06. The van der Waals surface area contributed by atoms with Crippen LogP contribution in [0.1, 0.15) is 5.56 Å². The van der Waals surface area contributed by atoms with Gasteiger partial charge in [0.25, 0.3) is 10.8 Å². The number of carbonyl (C=O) groups is 1. The molecule has 0 atom stereocenters. The summed E-state index contributed by atoms with van der Waals surface area (Å²) in [6.45, 7) is 0.298. The Kier molecular flexibility index (Phi) is 6.61. The van der Waals surface area contributed by atoms with Crippen molar-refractivity contribution in [3.8, 4) is 11.5 Å². The molecule has 2 aromatic heterocycles. The van der Waals surface area contributed by atoms with E-state index in [9.17, 15) is 14.4 Å². The lowest BCUT2D eigenvalue weighted by molar-refractivity contribution is -0.113. The molecule has 0 saturated heterocycles. The standard InChI is InChI=1S/C22H19N5O4S/c28-18-13-17(27(21(30)24-18)12-11-15-7-3-1-4-8-15)23-19(29)14-32-22-26-25-20(31-22)16-9-5-2-6-10-16/h1-10,13H,11-12,14H2,(H,23,29)(H,24,28,30). The van der Waals surface area contributed by atoms with Crippen LogP contribution in [0.4, 0.5) is 5.82 Å². The highest BCUT2D eigenvalue weighted by Gasteiger charge is 2.13. The van der Waals surface area contributed by atoms with Crippen molar-refractivity contribution in [1.29, 1.82) is 0 Å². The van der Waals surface area contributed by atoms with Crippen LogP contribution < -0.4 is 16.6 Å². The molecular formula is C22H19N5O4S. The molecule has 0 aliphatic heterocycles. The Morgan fingerprint density at radius 2 is 1.75 bits per heavy atom. The number of amides is 1. The van der Waals surface area contributed by atoms with Crippen LogP contribution in [0.5, 0.6) is 0 Å². The van der Waals surface area contributed by atoms with Gasteiger partial charge in [-0.2, -0.15) is 0 Å². The molecular weight excluding hydrogens is 430 g/mol. The van der Waals surface area contributed by atoms with Gasteiger partial charge in [0.1, 0.15) is 5.82 Å². The summed E-state index contributed by atoms with van der Waals surface area (Å²) in [6, 6.07) is 20.1. The van der Waals surface area contributed by atoms with Crippen molar-refractivity contribution in [1.82, 2.24) is 19.7 Å². The molecule has 2 N–H and O–H groups in total. The number of nitrogens with one attached hydrogen (secondary N) is 2. The van der Waals surface area contributed by atoms with E-state index in [0.717, 1.165) is 22.9 Å². The highest BCUT2D eigenvalue weighted by molar-refractivity contribution is 7.99. The molecule has 10 heteroatoms. The molecule has 0 bridgehead atoms. The molecule has 0 aliphatic carbocycles. The van der Waals surface area contributed by atoms with Crippen LogP contribution in [0.25, 0.3) is 11.5 Å². The van der Waals surface area contributed by atoms with E-state index < -0.39 is 17.2 Å². The van der Waals surface area contributed by atoms with Crippen molar-refractivity contribution >= 4 is 23.5 Å². The highest BCUT2D eigenvalue weighted by atomic mass is 32.2. The number of hydrogen-bond donors (Lipinski definition) is 2. The number of aromatic nitrogens is 4. The lowest BCUT2D eigenvalue weighted by Crippen LogP contribution is -2.33. The number of anilines is 1. The Morgan fingerprint density at radius 3 is 2.50 bits per heavy atom. The summed E-state index contributed by atoms with van der Waals surface area (Å²) in [5.74, 6) is 0.0531. The van der Waals surface area contributed by atoms with Gasteiger partial charge in [-0.3, -0.25) is 19.1 Å². The van der Waals surface area contributed by atoms with E-state index in [2.05, 4.69) is 20.5 Å². The Labute approximate surface area is 186 Å². The maximum Gasteiger partial charge on any atom is 0.329 e. The Bertz CT molecular complexity index is 1320. The topological polar surface area (TPSA) is 123 Å². The van der Waals surface area contributed by atoms with Crippen molar-refractivity contribution in [2.24, 2.45) is 0 Å². The third-order valence-electron chi connectivity index (χ3n) is 4.52. The van der Waals surface area contributed by atoms with Crippen LogP contribution >= 0.6 is 11.8 Å². The molecule has 1 amide bonds. The smallest absolute Gasteiger partial charge is 0.329 e. The summed E-state index contributed by atoms with van der Waals surface area (Å²) in [5.41, 5.74) is 0.644. The number of benzene rings is 2. The summed E-state index contributed by atoms with van der Waals surface area (Å²) in [5, 5.41) is 10.8. The summed E-state index contributed by atoms with van der Waals surface area (Å²) in [7, 11) is 0. The lowest BCUT2D eigenvalue weighted by Gasteiger charge is -2.12. The largest absolute Gasteiger partial charge is 0.411 e. The first kappa shape index (κ1) is 21.3. The molecule has 9 nitrogen and oxygen atoms in total. The van der Waals surface area contributed by atoms with Crippen molar-refractivity contribution in [2.45, 2.75) is 18.2 Å². The minimum absolute atomic E-state index is 0.0316. The van der Waals surface area contributed by atoms with Crippen molar-refractivity contribution in [3.63, 3.8) is 0 Å². The number of thioether (sulfide) groups is 1. The number of hydrogen-bond acceptors (Lipinski definition) is 7. The molecule has 162 valence electrons. The monoisotopic (exact) mass is 449 g/mol. The fourth-order valence-electron chi connectivity index (χ4n) is 3.00. The minimum Gasteiger partial charge on any atom is -0.411 e. The first-order valence-electron chi connectivity index (χ1n) is 9.78. The molecule has 0 radical (unpaired) electrons. The average Bonchev–Trinajstić information content (AvgIpc) is 3.27. The van der Waals surface area contributed by atoms with Crippen LogP contribution in [0.15, 0.2) is 86.0 Å². The molecule has 32 heavy (non-hydrogen) atoms. The predicted molar refractivity (Wildman–Crippen MR) is 121 cm³/mol. The molecule has 2 aromatic carbocycles. The summed E-state index contributed by atoms with van der Waals surface area (Å²) in [4.78, 5) is 38.8. The highest BCUT2D eigenvalue weighted by Crippen LogP contribution is 2.22. The second-order valence-corrected chi connectivity index (χ2v) is 7.71. The quantitative estimate of drug-likeness (QED) is 0.396. The van der Waals surface area contributed by atoms with Crippen LogP contribution in [-0.4, -0.2) is 31.4 Å². The van der Waals surface area contributed by atoms with Crippen LogP contribution in [0.2, 0.25) is 0 Å². The normalized spacial score (nSPS) is 10.8. The maximum absolute atomic E-state index is 12.5. The zero-order valence-electron chi connectivity index (χ0n) is 16.9. The van der Waals surface area contributed by atoms with Crippen molar-refractivity contribution in [2.75, 3.05) is 11.1 Å². The average molecular weight is 449 g/mol. The summed E-state index contributed by atoms with van der Waals surface area (Å²) < 4.78 is 6.90. The van der Waals surface area contributed by atoms with E-state index >= 15 is 0 Å². The first-order chi connectivity index (χ1) is 15.6. The van der Waals surface area contributed by atoms with E-state index in [1.54, 1.807) is 0 Å². The molecule has 2 heterocycles. The van der Waals surface area contributed by atoms with E-state index in [1.165, 1.54) is 10.6 Å². The number of H-pyrrole nitrogens is 1. The van der Waals surface area contributed by atoms with Crippen LogP contribution in [0.3, 0.4) is 0 Å². The second-order valence-electron chi connectivity index (χ2n) is 6.79. The van der Waals surface area contributed by atoms with Gasteiger partial charge in [0, 0.05) is 18.2 Å². The SMILES string of the molecule is O=C(CSc1nnc(-c2ccccc2)o1)Nc1cc(=O)[nH]c(=O)n1CCc1ccccc1. The summed E-state index contributed by atoms with van der Waals surface area (Å²) in [6.07, 6.45) is 0.564. The predicted octanol–water partition coefficient (Wildman–Crippen LogP) is 2.56. The molecule has 0 saturated carbocycles. The molecule has 4 aromatic rings. The molecule has 0 fully saturated rings. The number of nitrogens with zero attached hydrogens (tertiary/aromatic N) is 3. The third kappa shape index (κ3) is 5.41. The van der Waals surface area contributed by atoms with E-state index in [1.807, 2.05) is 60.7 Å². The van der Waals surface area contributed by atoms with Gasteiger partial charge in [-0.25, -0.2) is 4.79 Å². The number of aryl methyl sites for hydroxylation is 1. The molecule has 4 rings (SSSR count). The zero-order chi connectivity index (χ0) is 22.3. The van der Waals surface area contributed by atoms with Gasteiger partial charge in [-0.05, 0) is 24.1 Å². The van der Waals surface area contributed by atoms with Gasteiger partial charge in [-0.15, -0.1) is 10.2 Å². The lowest BCUT2D eigenvalue weighted by atomic mass is 10.1. The van der Waals surface area contributed by atoms with Crippen molar-refractivity contribution in [3.05, 3.63) is 93.1 Å². The van der Waals surface area contributed by atoms with E-state index in [-0.39, 0.29) is 16.8 Å². The first-order valence-corrected chi connectivity index (χ1v) is 10.8. The zero-order valence-corrected chi connectivity index (χ0v) is 17.7. The van der Waals surface area contributed by atoms with Crippen molar-refractivity contribution < 1.29 is 9.21 Å². The van der Waals surface area contributed by atoms with Gasteiger partial charge in [0.05, 0.1) is 5.75 Å². The fourth-order valence-corrected chi connectivity index (χ4v) is 3.57. The van der Waals surface area contributed by atoms with Crippen LogP contribution in [0, 0.1) is 0 Å². The fraction of sp³-hybridized carbons (Fsp3) is 0.136. The minimum atomic E-state index is -0.585. The molecule has 0 aliphatic rings. The Balaban J connectivity index is 1.41. The Morgan fingerprint density at radius 1 is 1.03 bits per heavy atom. The molecule has 0 unspecified atom stereocenters. The van der Waals surface area contributed by atoms with Gasteiger partial charge in [-0.1, -0.05) is 60.3 Å². The Hall–Kier alpha value is -3.92.